The second kappa shape index (κ2) is 9.53. The van der Waals surface area contributed by atoms with Crippen LogP contribution < -0.4 is 21.3 Å². The molecule has 182 valence electrons. The fourth-order valence-electron chi connectivity index (χ4n) is 4.21. The average molecular weight is 487 g/mol. The Morgan fingerprint density at radius 1 is 1.00 bits per heavy atom. The van der Waals surface area contributed by atoms with Crippen molar-refractivity contribution in [2.45, 2.75) is 19.5 Å². The van der Waals surface area contributed by atoms with Gasteiger partial charge in [0.05, 0.1) is 7.11 Å². The first-order valence-electron chi connectivity index (χ1n) is 11.3. The van der Waals surface area contributed by atoms with Crippen LogP contribution in [-0.2, 0) is 24.3 Å². The van der Waals surface area contributed by atoms with Crippen LogP contribution in [0.5, 0.6) is 5.75 Å². The van der Waals surface area contributed by atoms with Crippen molar-refractivity contribution < 1.29 is 18.3 Å². The third kappa shape index (κ3) is 4.26. The van der Waals surface area contributed by atoms with Gasteiger partial charge in [0.25, 0.3) is 5.56 Å². The molecule has 0 saturated heterocycles. The largest absolute Gasteiger partial charge is 0.494 e. The molecule has 0 bridgehead atoms. The maximum absolute atomic E-state index is 14.1. The third-order valence-electron chi connectivity index (χ3n) is 5.94. The van der Waals surface area contributed by atoms with Gasteiger partial charge in [0.1, 0.15) is 17.6 Å². The number of furan rings is 1. The molecule has 0 radical (unpaired) electrons. The van der Waals surface area contributed by atoms with Crippen molar-refractivity contribution in [2.75, 3.05) is 12.4 Å². The number of carbonyl (C=O) groups excluding carboxylic acids is 1. The molecule has 1 amide bonds. The Morgan fingerprint density at radius 2 is 1.75 bits per heavy atom. The number of benzene rings is 3. The summed E-state index contributed by atoms with van der Waals surface area (Å²) in [7, 11) is 1.34. The van der Waals surface area contributed by atoms with Gasteiger partial charge in [-0.25, -0.2) is 9.18 Å². The second-order valence-corrected chi connectivity index (χ2v) is 8.23. The van der Waals surface area contributed by atoms with Gasteiger partial charge < -0.3 is 14.5 Å². The van der Waals surface area contributed by atoms with Crippen molar-refractivity contribution in [3.8, 4) is 5.75 Å². The number of nitrogens with one attached hydrogen (secondary N) is 1. The zero-order chi connectivity index (χ0) is 25.2. The Kier molecular flexibility index (Phi) is 6.12. The minimum atomic E-state index is -0.634. The molecule has 2 aromatic heterocycles. The zero-order valence-corrected chi connectivity index (χ0v) is 19.4. The SMILES string of the molecule is COc1ccc(NC(=O)Cn2c(=O)n(CCc3ccccc3)c(=O)c3oc4ccccc4c32)cc1F. The molecule has 1 N–H and O–H groups in total. The van der Waals surface area contributed by atoms with Gasteiger partial charge >= 0.3 is 5.69 Å². The molecule has 0 saturated carbocycles. The van der Waals surface area contributed by atoms with E-state index in [1.165, 1.54) is 23.8 Å². The molecule has 5 aromatic rings. The van der Waals surface area contributed by atoms with Crippen molar-refractivity contribution in [3.63, 3.8) is 0 Å². The van der Waals surface area contributed by atoms with E-state index in [2.05, 4.69) is 5.32 Å². The van der Waals surface area contributed by atoms with Gasteiger partial charge in [0, 0.05) is 23.7 Å². The van der Waals surface area contributed by atoms with Crippen LogP contribution in [0.15, 0.2) is 86.8 Å². The van der Waals surface area contributed by atoms with E-state index < -0.39 is 29.5 Å². The van der Waals surface area contributed by atoms with E-state index in [0.29, 0.717) is 17.4 Å². The first-order chi connectivity index (χ1) is 17.5. The van der Waals surface area contributed by atoms with Gasteiger partial charge in [-0.15, -0.1) is 0 Å². The van der Waals surface area contributed by atoms with Crippen LogP contribution in [0.1, 0.15) is 5.56 Å². The van der Waals surface area contributed by atoms with Crippen molar-refractivity contribution >= 4 is 33.7 Å². The highest BCUT2D eigenvalue weighted by Gasteiger charge is 2.21. The van der Waals surface area contributed by atoms with E-state index in [0.717, 1.165) is 16.2 Å². The highest BCUT2D eigenvalue weighted by molar-refractivity contribution is 6.03. The maximum Gasteiger partial charge on any atom is 0.332 e. The number of halogens is 1. The monoisotopic (exact) mass is 487 g/mol. The standard InChI is InChI=1S/C27H22FN3O5/c1-35-22-12-11-18(15-20(22)28)29-23(32)16-31-24-19-9-5-6-10-21(19)36-25(24)26(33)30(27(31)34)14-13-17-7-3-2-4-8-17/h2-12,15H,13-14,16H2,1H3,(H,29,32). The van der Waals surface area contributed by atoms with Crippen molar-refractivity contribution in [1.82, 2.24) is 9.13 Å². The number of amides is 1. The molecule has 9 heteroatoms. The van der Waals surface area contributed by atoms with Crippen LogP contribution in [0.4, 0.5) is 10.1 Å². The molecule has 36 heavy (non-hydrogen) atoms. The van der Waals surface area contributed by atoms with Gasteiger partial charge in [-0.1, -0.05) is 42.5 Å². The number of fused-ring (bicyclic) bond motifs is 3. The molecule has 0 unspecified atom stereocenters. The molecule has 3 aromatic carbocycles. The van der Waals surface area contributed by atoms with Gasteiger partial charge in [-0.2, -0.15) is 0 Å². The molecule has 0 atom stereocenters. The number of aryl methyl sites for hydroxylation is 1. The van der Waals surface area contributed by atoms with E-state index in [9.17, 15) is 18.8 Å². The number of carbonyl (C=O) groups is 1. The van der Waals surface area contributed by atoms with Gasteiger partial charge in [-0.3, -0.25) is 18.7 Å². The molecule has 0 fully saturated rings. The lowest BCUT2D eigenvalue weighted by Gasteiger charge is -2.13. The first kappa shape index (κ1) is 23.1. The Balaban J connectivity index is 1.56. The topological polar surface area (TPSA) is 95.5 Å². The number of aromatic nitrogens is 2. The summed E-state index contributed by atoms with van der Waals surface area (Å²) in [6.45, 7) is -0.294. The molecule has 0 spiro atoms. The summed E-state index contributed by atoms with van der Waals surface area (Å²) < 4.78 is 27.1. The fourth-order valence-corrected chi connectivity index (χ4v) is 4.21. The zero-order valence-electron chi connectivity index (χ0n) is 19.4. The summed E-state index contributed by atoms with van der Waals surface area (Å²) in [5, 5.41) is 3.14. The van der Waals surface area contributed by atoms with Crippen LogP contribution in [0.3, 0.4) is 0 Å². The van der Waals surface area contributed by atoms with E-state index in [1.54, 1.807) is 24.3 Å². The molecule has 0 aliphatic carbocycles. The van der Waals surface area contributed by atoms with E-state index in [1.807, 2.05) is 30.3 Å². The van der Waals surface area contributed by atoms with E-state index in [4.69, 9.17) is 9.15 Å². The van der Waals surface area contributed by atoms with Crippen molar-refractivity contribution in [2.24, 2.45) is 0 Å². The van der Waals surface area contributed by atoms with Gasteiger partial charge in [-0.05, 0) is 36.2 Å². The number of methoxy groups -OCH3 is 1. The maximum atomic E-state index is 14.1. The smallest absolute Gasteiger partial charge is 0.332 e. The van der Waals surface area contributed by atoms with E-state index in [-0.39, 0.29) is 29.1 Å². The fraction of sp³-hybridized carbons (Fsp3) is 0.148. The molecule has 5 rings (SSSR count). The molecule has 0 aliphatic heterocycles. The summed E-state index contributed by atoms with van der Waals surface area (Å²) in [6.07, 6.45) is 0.443. The molecular formula is C27H22FN3O5. The third-order valence-corrected chi connectivity index (χ3v) is 5.94. The number of hydrogen-bond donors (Lipinski definition) is 1. The predicted octanol–water partition coefficient (Wildman–Crippen LogP) is 3.94. The molecule has 0 aliphatic rings. The molecule has 8 nitrogen and oxygen atoms in total. The predicted molar refractivity (Wildman–Crippen MR) is 134 cm³/mol. The lowest BCUT2D eigenvalue weighted by Crippen LogP contribution is -2.41. The highest BCUT2D eigenvalue weighted by Crippen LogP contribution is 2.26. The summed E-state index contributed by atoms with van der Waals surface area (Å²) >= 11 is 0. The summed E-state index contributed by atoms with van der Waals surface area (Å²) in [4.78, 5) is 39.7. The van der Waals surface area contributed by atoms with Crippen LogP contribution in [0, 0.1) is 5.82 Å². The Hall–Kier alpha value is -4.66. The van der Waals surface area contributed by atoms with Crippen LogP contribution in [-0.4, -0.2) is 22.2 Å². The number of ether oxygens (including phenoxy) is 1. The summed E-state index contributed by atoms with van der Waals surface area (Å²) in [5.74, 6) is -1.16. The number of rotatable bonds is 7. The summed E-state index contributed by atoms with van der Waals surface area (Å²) in [6, 6.07) is 20.4. The lowest BCUT2D eigenvalue weighted by molar-refractivity contribution is -0.116. The summed E-state index contributed by atoms with van der Waals surface area (Å²) in [5.41, 5.74) is 0.634. The number of anilines is 1. The second-order valence-electron chi connectivity index (χ2n) is 8.23. The van der Waals surface area contributed by atoms with E-state index >= 15 is 0 Å². The van der Waals surface area contributed by atoms with Crippen LogP contribution >= 0.6 is 0 Å². The molecule has 2 heterocycles. The molecular weight excluding hydrogens is 465 g/mol. The minimum absolute atomic E-state index is 0.00727. The first-order valence-corrected chi connectivity index (χ1v) is 11.3. The van der Waals surface area contributed by atoms with Crippen LogP contribution in [0.2, 0.25) is 0 Å². The number of para-hydroxylation sites is 1. The van der Waals surface area contributed by atoms with Gasteiger partial charge in [0.2, 0.25) is 11.5 Å². The highest BCUT2D eigenvalue weighted by atomic mass is 19.1. The quantitative estimate of drug-likeness (QED) is 0.375. The normalized spacial score (nSPS) is 11.2. The van der Waals surface area contributed by atoms with Crippen molar-refractivity contribution in [3.05, 3.63) is 105 Å². The Labute approximate surface area is 204 Å². The Bertz CT molecular complexity index is 1700. The number of hydrogen-bond acceptors (Lipinski definition) is 5. The van der Waals surface area contributed by atoms with Crippen LogP contribution in [0.25, 0.3) is 22.1 Å². The lowest BCUT2D eigenvalue weighted by atomic mass is 10.1. The Morgan fingerprint density at radius 3 is 2.50 bits per heavy atom. The number of nitrogens with zero attached hydrogens (tertiary/aromatic N) is 2. The van der Waals surface area contributed by atoms with Crippen molar-refractivity contribution in [1.29, 1.82) is 0 Å². The van der Waals surface area contributed by atoms with Gasteiger partial charge in [0.15, 0.2) is 11.6 Å². The average Bonchev–Trinajstić information content (AvgIpc) is 3.27. The minimum Gasteiger partial charge on any atom is -0.494 e.